The largest absolute Gasteiger partial charge is 0.252 e. The lowest BCUT2D eigenvalue weighted by Crippen LogP contribution is -2.81. The molecule has 72 heavy (non-hydrogen) atoms. The second-order valence-corrected chi connectivity index (χ2v) is 15.6. The van der Waals surface area contributed by atoms with Crippen LogP contribution in [0.4, 0.5) is 87.8 Å². The molecule has 1 heterocycles. The van der Waals surface area contributed by atoms with Gasteiger partial charge in [-0.1, -0.05) is 78.9 Å². The molecule has 0 bridgehead atoms. The average Bonchev–Trinajstić information content (AvgIpc) is 3.39. The van der Waals surface area contributed by atoms with E-state index in [-0.39, 0.29) is 0 Å². The molecule has 0 spiro atoms. The van der Waals surface area contributed by atoms with E-state index in [0.29, 0.717) is 0 Å². The molecule has 9 aromatic rings. The number of hydrogen-bond donors (Lipinski definition) is 0. The van der Waals surface area contributed by atoms with Gasteiger partial charge in [-0.05, 0) is 27.6 Å². The van der Waals surface area contributed by atoms with Crippen LogP contribution >= 0.6 is 0 Å². The summed E-state index contributed by atoms with van der Waals surface area (Å²) in [5, 5.41) is 5.07. The molecule has 0 aliphatic heterocycles. The van der Waals surface area contributed by atoms with Crippen molar-refractivity contribution in [3.8, 4) is 11.3 Å². The van der Waals surface area contributed by atoms with Gasteiger partial charge in [-0.2, -0.15) is 4.57 Å². The summed E-state index contributed by atoms with van der Waals surface area (Å²) in [5.41, 5.74) is -10.7. The first kappa shape index (κ1) is 50.4. The van der Waals surface area contributed by atoms with Crippen LogP contribution in [0.3, 0.4) is 0 Å². The number of halogens is 20. The van der Waals surface area contributed by atoms with Crippen molar-refractivity contribution in [1.82, 2.24) is 4.98 Å². The van der Waals surface area contributed by atoms with Crippen LogP contribution in [0.2, 0.25) is 0 Å². The summed E-state index contributed by atoms with van der Waals surface area (Å²) >= 11 is 0. The first-order valence-corrected chi connectivity index (χ1v) is 20.1. The summed E-state index contributed by atoms with van der Waals surface area (Å²) in [6.45, 7) is 0.819. The lowest BCUT2D eigenvalue weighted by molar-refractivity contribution is -0.677. The van der Waals surface area contributed by atoms with Crippen LogP contribution in [-0.4, -0.2) is 11.1 Å². The predicted molar refractivity (Wildman–Crippen MR) is 220 cm³/mol. The molecule has 9 rings (SSSR count). The normalized spacial score (nSPS) is 11.7. The zero-order chi connectivity index (χ0) is 52.4. The number of aromatic nitrogens is 2. The fourth-order valence-corrected chi connectivity index (χ4v) is 8.67. The molecule has 0 saturated heterocycles. The maximum absolute atomic E-state index is 15.4. The van der Waals surface area contributed by atoms with Crippen LogP contribution in [0.25, 0.3) is 32.8 Å². The standard InChI is InChI=1S/C25H19N2.C24BF20/c1-2-8-19(9-3-1)18-27-15-14-26-17-25(27)24-16-20-10-4-5-11-21(20)22-12-6-7-13-23(22)24;26-5-1(6(27)14(35)21(42)13(5)34)25(2-7(28)15(36)22(43)16(37)8(2)29,3-9(30)17(38)23(44)18(39)10(3)31)4-11(32)19(40)24(45)20(41)12(4)33/h1-17H,18H2;/q+1;-1. The van der Waals surface area contributed by atoms with Gasteiger partial charge < -0.3 is 0 Å². The van der Waals surface area contributed by atoms with Crippen molar-refractivity contribution in [1.29, 1.82) is 0 Å². The molecule has 0 unspecified atom stereocenters. The Balaban J connectivity index is 0.000000217. The highest BCUT2D eigenvalue weighted by atomic mass is 19.2. The van der Waals surface area contributed by atoms with Gasteiger partial charge in [-0.3, -0.25) is 4.98 Å². The van der Waals surface area contributed by atoms with Gasteiger partial charge in [-0.25, -0.2) is 87.8 Å². The number of rotatable bonds is 7. The van der Waals surface area contributed by atoms with Gasteiger partial charge in [0.2, 0.25) is 5.69 Å². The summed E-state index contributed by atoms with van der Waals surface area (Å²) in [6.07, 6.45) is -1.33. The topological polar surface area (TPSA) is 16.8 Å². The van der Waals surface area contributed by atoms with E-state index in [0.717, 1.165) is 12.2 Å². The Bertz CT molecular complexity index is 3300. The van der Waals surface area contributed by atoms with Gasteiger partial charge in [0, 0.05) is 5.56 Å². The summed E-state index contributed by atoms with van der Waals surface area (Å²) in [7, 11) is 0. The third-order valence-corrected chi connectivity index (χ3v) is 11.8. The molecule has 0 N–H and O–H groups in total. The van der Waals surface area contributed by atoms with Gasteiger partial charge in [-0.15, -0.1) is 21.9 Å². The van der Waals surface area contributed by atoms with Crippen LogP contribution in [0.5, 0.6) is 0 Å². The highest BCUT2D eigenvalue weighted by Gasteiger charge is 2.52. The minimum atomic E-state index is -7.22. The Morgan fingerprint density at radius 1 is 0.347 bits per heavy atom. The van der Waals surface area contributed by atoms with Crippen LogP contribution < -0.4 is 26.4 Å². The first-order valence-electron chi connectivity index (χ1n) is 20.1. The minimum Gasteiger partial charge on any atom is -0.252 e. The third kappa shape index (κ3) is 7.72. The number of fused-ring (bicyclic) bond motifs is 3. The van der Waals surface area contributed by atoms with Crippen molar-refractivity contribution >= 4 is 49.5 Å². The van der Waals surface area contributed by atoms with E-state index in [1.165, 1.54) is 32.7 Å². The SMILES string of the molecule is Fc1c(F)c(F)c([B-](c2c(F)c(F)c(F)c(F)c2F)(c2c(F)c(F)c(F)c(F)c2F)c2c(F)c(F)c(F)c(F)c2F)c(F)c1F.c1ccc(C[n+]2ccncc2-c2cc3ccccc3c3ccccc23)cc1. The number of benzene rings is 8. The van der Waals surface area contributed by atoms with Gasteiger partial charge in [0.1, 0.15) is 52.7 Å². The summed E-state index contributed by atoms with van der Waals surface area (Å²) < 4.78 is 296. The van der Waals surface area contributed by atoms with Crippen LogP contribution in [0.15, 0.2) is 104 Å². The molecule has 0 fully saturated rings. The van der Waals surface area contributed by atoms with Crippen molar-refractivity contribution in [2.45, 2.75) is 6.54 Å². The molecule has 0 aliphatic carbocycles. The second kappa shape index (κ2) is 19.0. The summed E-state index contributed by atoms with van der Waals surface area (Å²) in [4.78, 5) is 4.43. The quantitative estimate of drug-likeness (QED) is 0.0388. The molecule has 1 aromatic heterocycles. The Morgan fingerprint density at radius 2 is 0.667 bits per heavy atom. The van der Waals surface area contributed by atoms with Crippen molar-refractivity contribution in [2.75, 3.05) is 0 Å². The Kier molecular flexibility index (Phi) is 13.3. The van der Waals surface area contributed by atoms with Crippen LogP contribution in [0, 0.1) is 116 Å². The number of nitrogens with zero attached hydrogens (tertiary/aromatic N) is 2. The molecule has 0 amide bonds. The summed E-state index contributed by atoms with van der Waals surface area (Å²) in [6, 6.07) is 30.1. The zero-order valence-corrected chi connectivity index (χ0v) is 35.1. The van der Waals surface area contributed by atoms with Gasteiger partial charge >= 0.3 is 0 Å². The lowest BCUT2D eigenvalue weighted by atomic mass is 9.12. The maximum Gasteiger partial charge on any atom is 0.231 e. The van der Waals surface area contributed by atoms with E-state index < -0.39 is 144 Å². The van der Waals surface area contributed by atoms with E-state index in [2.05, 4.69) is 101 Å². The molecular formula is C49H19BF20N2. The Hall–Kier alpha value is -7.98. The predicted octanol–water partition coefficient (Wildman–Crippen LogP) is 11.2. The van der Waals surface area contributed by atoms with Gasteiger partial charge in [0.05, 0.1) is 18.0 Å². The fraction of sp³-hybridized carbons (Fsp3) is 0.0204. The highest BCUT2D eigenvalue weighted by molar-refractivity contribution is 7.20. The Labute approximate surface area is 389 Å². The molecule has 0 aliphatic rings. The van der Waals surface area contributed by atoms with Crippen molar-refractivity contribution in [3.05, 3.63) is 225 Å². The van der Waals surface area contributed by atoms with E-state index in [1.807, 2.05) is 12.4 Å². The molecule has 23 heteroatoms. The van der Waals surface area contributed by atoms with Crippen molar-refractivity contribution in [2.24, 2.45) is 0 Å². The van der Waals surface area contributed by atoms with E-state index in [4.69, 9.17) is 0 Å². The smallest absolute Gasteiger partial charge is 0.231 e. The van der Waals surface area contributed by atoms with Crippen LogP contribution in [0.1, 0.15) is 5.56 Å². The fourth-order valence-electron chi connectivity index (χ4n) is 8.67. The van der Waals surface area contributed by atoms with Crippen molar-refractivity contribution < 1.29 is 92.4 Å². The Morgan fingerprint density at radius 3 is 1.06 bits per heavy atom. The highest BCUT2D eigenvalue weighted by Crippen LogP contribution is 2.34. The minimum absolute atomic E-state index is 0.819. The first-order chi connectivity index (χ1) is 34.1. The molecule has 0 atom stereocenters. The maximum atomic E-state index is 15.4. The van der Waals surface area contributed by atoms with E-state index in [1.54, 1.807) is 0 Å². The lowest BCUT2D eigenvalue weighted by Gasteiger charge is -2.44. The monoisotopic (exact) mass is 1030 g/mol. The van der Waals surface area contributed by atoms with Crippen LogP contribution in [-0.2, 0) is 6.54 Å². The van der Waals surface area contributed by atoms with Crippen molar-refractivity contribution in [3.63, 3.8) is 0 Å². The summed E-state index contributed by atoms with van der Waals surface area (Å²) in [5.74, 6) is -71.4. The van der Waals surface area contributed by atoms with Gasteiger partial charge in [0.15, 0.2) is 82.5 Å². The second-order valence-electron chi connectivity index (χ2n) is 15.6. The molecule has 2 nitrogen and oxygen atoms in total. The third-order valence-electron chi connectivity index (χ3n) is 11.8. The van der Waals surface area contributed by atoms with E-state index >= 15 is 35.1 Å². The average molecular weight is 1030 g/mol. The molecule has 0 saturated carbocycles. The molecule has 0 radical (unpaired) electrons. The number of hydrogen-bond acceptors (Lipinski definition) is 1. The molecular weight excluding hydrogens is 1010 g/mol. The van der Waals surface area contributed by atoms with E-state index in [9.17, 15) is 52.7 Å². The van der Waals surface area contributed by atoms with Gasteiger partial charge in [0.25, 0.3) is 0 Å². The molecule has 8 aromatic carbocycles. The molecule has 368 valence electrons. The zero-order valence-electron chi connectivity index (χ0n) is 35.1.